The number of amides is 2. The Hall–Kier alpha value is -2.46. The number of H-pyrrole nitrogens is 1. The van der Waals surface area contributed by atoms with Crippen molar-refractivity contribution in [2.75, 3.05) is 25.0 Å². The summed E-state index contributed by atoms with van der Waals surface area (Å²) >= 11 is 0. The highest BCUT2D eigenvalue weighted by atomic mass is 35.5. The number of hydrogen-bond donors (Lipinski definition) is 3. The second kappa shape index (κ2) is 9.16. The number of nitrogens with zero attached hydrogens (tertiary/aromatic N) is 5. The van der Waals surface area contributed by atoms with Crippen molar-refractivity contribution in [2.45, 2.75) is 45.2 Å². The number of hydrogen-bond acceptors (Lipinski definition) is 6. The lowest BCUT2D eigenvalue weighted by molar-refractivity contribution is -0.132. The third-order valence-electron chi connectivity index (χ3n) is 5.04. The van der Waals surface area contributed by atoms with E-state index in [2.05, 4.69) is 30.9 Å². The number of halogens is 1. The highest BCUT2D eigenvalue weighted by molar-refractivity contribution is 6.03. The van der Waals surface area contributed by atoms with E-state index in [1.165, 1.54) is 23.9 Å². The lowest BCUT2D eigenvalue weighted by Gasteiger charge is -2.19. The van der Waals surface area contributed by atoms with Gasteiger partial charge in [0.1, 0.15) is 12.9 Å². The third kappa shape index (κ3) is 4.50. The van der Waals surface area contributed by atoms with Gasteiger partial charge in [0.2, 0.25) is 11.9 Å². The van der Waals surface area contributed by atoms with E-state index in [-0.39, 0.29) is 36.7 Å². The highest BCUT2D eigenvalue weighted by Crippen LogP contribution is 2.16. The third-order valence-corrected chi connectivity index (χ3v) is 5.04. The first kappa shape index (κ1) is 20.3. The summed E-state index contributed by atoms with van der Waals surface area (Å²) in [6, 6.07) is 0. The van der Waals surface area contributed by atoms with Gasteiger partial charge in [0.25, 0.3) is 5.91 Å². The Bertz CT molecular complexity index is 825. The predicted octanol–water partition coefficient (Wildman–Crippen LogP) is 0.724. The smallest absolute Gasteiger partial charge is 0.278 e. The summed E-state index contributed by atoms with van der Waals surface area (Å²) in [6.45, 7) is 3.21. The van der Waals surface area contributed by atoms with E-state index in [0.29, 0.717) is 12.2 Å². The molecule has 0 unspecified atom stereocenters. The Morgan fingerprint density at radius 2 is 1.96 bits per heavy atom. The average Bonchev–Trinajstić information content (AvgIpc) is 3.19. The van der Waals surface area contributed by atoms with E-state index in [9.17, 15) is 9.59 Å². The van der Waals surface area contributed by atoms with Crippen molar-refractivity contribution in [3.8, 4) is 0 Å². The minimum atomic E-state index is -0.354. The van der Waals surface area contributed by atoms with Crippen LogP contribution in [-0.4, -0.2) is 61.3 Å². The average molecular weight is 409 g/mol. The lowest BCUT2D eigenvalue weighted by atomic mass is 10.1. The largest absolute Gasteiger partial charge is 0.341 e. The van der Waals surface area contributed by atoms with Crippen LogP contribution in [0.3, 0.4) is 0 Å². The number of likely N-dealkylation sites (tertiary alicyclic amines) is 1. The standard InChI is InChI=1S/C17H24N8O2.ClH/c26-14(24-7-3-1-2-4-8-24)10-25-11-19-17(23-25)20-16(27)15-12-9-18-6-5-13(12)21-22-15;/h11,18H,1-10H2,(H,21,22)(H,20,23,27);1H. The first-order chi connectivity index (χ1) is 13.2. The van der Waals surface area contributed by atoms with Crippen molar-refractivity contribution in [3.05, 3.63) is 23.3 Å². The van der Waals surface area contributed by atoms with Gasteiger partial charge in [-0.3, -0.25) is 20.0 Å². The molecule has 3 N–H and O–H groups in total. The lowest BCUT2D eigenvalue weighted by Crippen LogP contribution is -2.34. The molecule has 0 atom stereocenters. The Labute approximate surface area is 168 Å². The molecule has 10 nitrogen and oxygen atoms in total. The number of aromatic amines is 1. The molecular weight excluding hydrogens is 384 g/mol. The molecule has 11 heteroatoms. The second-order valence-corrected chi connectivity index (χ2v) is 6.97. The van der Waals surface area contributed by atoms with Gasteiger partial charge in [-0.05, 0) is 12.8 Å². The number of aromatic nitrogens is 5. The summed E-state index contributed by atoms with van der Waals surface area (Å²) in [5.41, 5.74) is 2.23. The molecule has 0 bridgehead atoms. The van der Waals surface area contributed by atoms with Gasteiger partial charge in [-0.1, -0.05) is 12.8 Å². The fourth-order valence-electron chi connectivity index (χ4n) is 3.56. The molecule has 1 fully saturated rings. The maximum absolute atomic E-state index is 12.5. The Kier molecular flexibility index (Phi) is 6.63. The van der Waals surface area contributed by atoms with Gasteiger partial charge < -0.3 is 10.2 Å². The van der Waals surface area contributed by atoms with E-state index in [0.717, 1.165) is 50.2 Å². The van der Waals surface area contributed by atoms with Crippen LogP contribution in [0.4, 0.5) is 5.95 Å². The molecule has 4 rings (SSSR count). The number of carbonyl (C=O) groups is 2. The molecule has 2 aromatic heterocycles. The quantitative estimate of drug-likeness (QED) is 0.685. The molecule has 2 amide bonds. The molecule has 1 saturated heterocycles. The fourth-order valence-corrected chi connectivity index (χ4v) is 3.56. The van der Waals surface area contributed by atoms with Crippen LogP contribution in [0.15, 0.2) is 6.33 Å². The SMILES string of the molecule is Cl.O=C(Nc1ncn(CC(=O)N2CCCCCC2)n1)c1n[nH]c2c1CNCC2. The van der Waals surface area contributed by atoms with Gasteiger partial charge in [-0.25, -0.2) is 9.67 Å². The fraction of sp³-hybridized carbons (Fsp3) is 0.588. The van der Waals surface area contributed by atoms with Crippen LogP contribution in [0.5, 0.6) is 0 Å². The summed E-state index contributed by atoms with van der Waals surface area (Å²) in [6.07, 6.45) is 6.74. The van der Waals surface area contributed by atoms with E-state index in [1.54, 1.807) is 0 Å². The van der Waals surface area contributed by atoms with Gasteiger partial charge in [0.05, 0.1) is 0 Å². The Morgan fingerprint density at radius 3 is 2.75 bits per heavy atom. The zero-order valence-electron chi connectivity index (χ0n) is 15.6. The number of anilines is 1. The maximum atomic E-state index is 12.5. The van der Waals surface area contributed by atoms with Crippen molar-refractivity contribution in [3.63, 3.8) is 0 Å². The molecule has 152 valence electrons. The van der Waals surface area contributed by atoms with Gasteiger partial charge in [-0.15, -0.1) is 17.5 Å². The van der Waals surface area contributed by atoms with E-state index < -0.39 is 0 Å². The zero-order valence-corrected chi connectivity index (χ0v) is 16.4. The van der Waals surface area contributed by atoms with Gasteiger partial charge in [0.15, 0.2) is 5.69 Å². The number of carbonyl (C=O) groups excluding carboxylic acids is 2. The molecule has 2 aliphatic heterocycles. The first-order valence-corrected chi connectivity index (χ1v) is 9.46. The molecule has 0 saturated carbocycles. The summed E-state index contributed by atoms with van der Waals surface area (Å²) < 4.78 is 1.46. The van der Waals surface area contributed by atoms with Crippen LogP contribution in [0.2, 0.25) is 0 Å². The van der Waals surface area contributed by atoms with Crippen LogP contribution in [0, 0.1) is 0 Å². The minimum absolute atomic E-state index is 0. The van der Waals surface area contributed by atoms with E-state index in [4.69, 9.17) is 0 Å². The summed E-state index contributed by atoms with van der Waals surface area (Å²) in [4.78, 5) is 30.9. The molecular formula is C17H25ClN8O2. The van der Waals surface area contributed by atoms with Crippen molar-refractivity contribution >= 4 is 30.2 Å². The van der Waals surface area contributed by atoms with Crippen molar-refractivity contribution < 1.29 is 9.59 Å². The predicted molar refractivity (Wildman–Crippen MR) is 104 cm³/mol. The number of fused-ring (bicyclic) bond motifs is 1. The molecule has 0 spiro atoms. The molecule has 4 heterocycles. The van der Waals surface area contributed by atoms with Crippen LogP contribution in [-0.2, 0) is 24.3 Å². The number of nitrogens with one attached hydrogen (secondary N) is 3. The molecule has 28 heavy (non-hydrogen) atoms. The summed E-state index contributed by atoms with van der Waals surface area (Å²) in [5.74, 6) is -0.149. The zero-order chi connectivity index (χ0) is 18.6. The normalized spacial score (nSPS) is 16.6. The van der Waals surface area contributed by atoms with Crippen LogP contribution >= 0.6 is 12.4 Å². The van der Waals surface area contributed by atoms with Crippen molar-refractivity contribution in [2.24, 2.45) is 0 Å². The van der Waals surface area contributed by atoms with Gasteiger partial charge in [0, 0.05) is 43.9 Å². The summed E-state index contributed by atoms with van der Waals surface area (Å²) in [7, 11) is 0. The second-order valence-electron chi connectivity index (χ2n) is 6.97. The highest BCUT2D eigenvalue weighted by Gasteiger charge is 2.22. The monoisotopic (exact) mass is 408 g/mol. The van der Waals surface area contributed by atoms with Crippen LogP contribution < -0.4 is 10.6 Å². The minimum Gasteiger partial charge on any atom is -0.341 e. The first-order valence-electron chi connectivity index (χ1n) is 9.46. The van der Waals surface area contributed by atoms with Crippen molar-refractivity contribution in [1.29, 1.82) is 0 Å². The van der Waals surface area contributed by atoms with Crippen LogP contribution in [0.1, 0.15) is 47.4 Å². The van der Waals surface area contributed by atoms with E-state index >= 15 is 0 Å². The summed E-state index contributed by atoms with van der Waals surface area (Å²) in [5, 5.41) is 17.1. The van der Waals surface area contributed by atoms with Gasteiger partial charge in [-0.2, -0.15) is 5.10 Å². The van der Waals surface area contributed by atoms with Crippen molar-refractivity contribution in [1.82, 2.24) is 35.2 Å². The topological polar surface area (TPSA) is 121 Å². The van der Waals surface area contributed by atoms with E-state index in [1.807, 2.05) is 4.90 Å². The number of rotatable bonds is 4. The Balaban J connectivity index is 0.00000225. The van der Waals surface area contributed by atoms with Crippen LogP contribution in [0.25, 0.3) is 0 Å². The molecule has 0 aromatic carbocycles. The Morgan fingerprint density at radius 1 is 1.18 bits per heavy atom. The maximum Gasteiger partial charge on any atom is 0.278 e. The molecule has 2 aliphatic rings. The molecule has 2 aromatic rings. The molecule has 0 aliphatic carbocycles. The van der Waals surface area contributed by atoms with Gasteiger partial charge >= 0.3 is 0 Å². The molecule has 0 radical (unpaired) electrons.